The van der Waals surface area contributed by atoms with Crippen LogP contribution in [0.3, 0.4) is 0 Å². The number of carbonyl (C=O) groups is 2. The Balaban J connectivity index is 1.41. The van der Waals surface area contributed by atoms with Crippen molar-refractivity contribution in [1.82, 2.24) is 14.7 Å². The van der Waals surface area contributed by atoms with Gasteiger partial charge in [-0.25, -0.2) is 0 Å². The Morgan fingerprint density at radius 1 is 1.11 bits per heavy atom. The van der Waals surface area contributed by atoms with Gasteiger partial charge in [0.1, 0.15) is 18.1 Å². The first-order chi connectivity index (χ1) is 17.1. The predicted molar refractivity (Wildman–Crippen MR) is 149 cm³/mol. The number of carbonyl (C=O) groups excluding carboxylic acids is 2. The summed E-state index contributed by atoms with van der Waals surface area (Å²) in [5.74, 6) is 0.734. The van der Waals surface area contributed by atoms with Gasteiger partial charge in [0.15, 0.2) is 0 Å². The third kappa shape index (κ3) is 6.08. The van der Waals surface area contributed by atoms with Crippen molar-refractivity contribution in [2.45, 2.75) is 53.2 Å². The number of aromatic nitrogens is 2. The summed E-state index contributed by atoms with van der Waals surface area (Å²) in [5, 5.41) is 7.59. The minimum Gasteiger partial charge on any atom is -0.489 e. The molecule has 2 heterocycles. The van der Waals surface area contributed by atoms with Crippen molar-refractivity contribution in [3.63, 3.8) is 0 Å². The van der Waals surface area contributed by atoms with Gasteiger partial charge in [0.2, 0.25) is 5.91 Å². The summed E-state index contributed by atoms with van der Waals surface area (Å²) < 4.78 is 8.55. The number of rotatable bonds is 6. The Labute approximate surface area is 226 Å². The molecule has 8 heteroatoms. The number of likely N-dealkylation sites (tertiary alicyclic amines) is 1. The van der Waals surface area contributed by atoms with Crippen LogP contribution in [0.2, 0.25) is 0 Å². The van der Waals surface area contributed by atoms with E-state index in [0.29, 0.717) is 25.4 Å². The number of piperidine rings is 1. The van der Waals surface area contributed by atoms with Gasteiger partial charge in [0.25, 0.3) is 5.91 Å². The van der Waals surface area contributed by atoms with Crippen LogP contribution in [0.5, 0.6) is 5.75 Å². The number of ether oxygens (including phenoxy) is 1. The van der Waals surface area contributed by atoms with E-state index in [1.807, 2.05) is 85.8 Å². The number of nitrogens with one attached hydrogen (secondary N) is 1. The monoisotopic (exact) mass is 600 g/mol. The number of halogens is 1. The summed E-state index contributed by atoms with van der Waals surface area (Å²) in [4.78, 5) is 27.9. The van der Waals surface area contributed by atoms with Gasteiger partial charge < -0.3 is 15.0 Å². The van der Waals surface area contributed by atoms with E-state index >= 15 is 0 Å². The standard InChI is InChI=1S/C28H33IN4O3/c1-19-16-22(36-18-20-8-6-5-7-9-20)10-11-24(19)31-26(34)25-23(29)17-30-33(25)21-12-14-32(15-13-21)27(35)28(2,3)4/h5-11,16-17,21H,12-15,18H2,1-4H3,(H,31,34). The summed E-state index contributed by atoms with van der Waals surface area (Å²) in [6.07, 6.45) is 3.27. The number of hydrogen-bond acceptors (Lipinski definition) is 4. The molecular weight excluding hydrogens is 567 g/mol. The molecule has 1 aliphatic heterocycles. The molecule has 1 aromatic heterocycles. The molecule has 1 saturated heterocycles. The Morgan fingerprint density at radius 2 is 1.81 bits per heavy atom. The molecule has 0 unspecified atom stereocenters. The molecule has 7 nitrogen and oxygen atoms in total. The number of anilines is 1. The molecule has 0 radical (unpaired) electrons. The van der Waals surface area contributed by atoms with Gasteiger partial charge >= 0.3 is 0 Å². The first-order valence-corrected chi connectivity index (χ1v) is 13.3. The van der Waals surface area contributed by atoms with Crippen molar-refractivity contribution in [1.29, 1.82) is 0 Å². The topological polar surface area (TPSA) is 76.5 Å². The lowest BCUT2D eigenvalue weighted by Crippen LogP contribution is -2.44. The number of nitrogens with zero attached hydrogens (tertiary/aromatic N) is 3. The van der Waals surface area contributed by atoms with Crippen molar-refractivity contribution in [3.8, 4) is 5.75 Å². The van der Waals surface area contributed by atoms with Crippen LogP contribution in [0.25, 0.3) is 0 Å². The van der Waals surface area contributed by atoms with Crippen LogP contribution in [-0.2, 0) is 11.4 Å². The van der Waals surface area contributed by atoms with Crippen LogP contribution in [0, 0.1) is 15.9 Å². The van der Waals surface area contributed by atoms with E-state index in [1.165, 1.54) is 0 Å². The van der Waals surface area contributed by atoms with E-state index in [2.05, 4.69) is 33.0 Å². The van der Waals surface area contributed by atoms with E-state index in [4.69, 9.17) is 4.74 Å². The Kier molecular flexibility index (Phi) is 8.02. The second-order valence-electron chi connectivity index (χ2n) is 10.3. The largest absolute Gasteiger partial charge is 0.489 e. The summed E-state index contributed by atoms with van der Waals surface area (Å²) >= 11 is 2.16. The number of amides is 2. The Morgan fingerprint density at radius 3 is 2.44 bits per heavy atom. The van der Waals surface area contributed by atoms with Crippen molar-refractivity contribution in [2.75, 3.05) is 18.4 Å². The normalized spacial score (nSPS) is 14.5. The molecular formula is C28H33IN4O3. The average molecular weight is 601 g/mol. The quantitative estimate of drug-likeness (QED) is 0.361. The van der Waals surface area contributed by atoms with Crippen molar-refractivity contribution < 1.29 is 14.3 Å². The van der Waals surface area contributed by atoms with Crippen molar-refractivity contribution in [2.24, 2.45) is 5.41 Å². The molecule has 0 aliphatic carbocycles. The van der Waals surface area contributed by atoms with E-state index in [1.54, 1.807) is 6.20 Å². The highest BCUT2D eigenvalue weighted by Gasteiger charge is 2.32. The zero-order valence-electron chi connectivity index (χ0n) is 21.3. The Bertz CT molecular complexity index is 1230. The molecule has 1 fully saturated rings. The van der Waals surface area contributed by atoms with E-state index in [-0.39, 0.29) is 23.3 Å². The fourth-order valence-corrected chi connectivity index (χ4v) is 5.02. The highest BCUT2D eigenvalue weighted by atomic mass is 127. The van der Waals surface area contributed by atoms with Gasteiger partial charge in [-0.05, 0) is 71.7 Å². The molecule has 2 amide bonds. The van der Waals surface area contributed by atoms with Crippen LogP contribution >= 0.6 is 22.6 Å². The minimum absolute atomic E-state index is 0.0770. The van der Waals surface area contributed by atoms with E-state index < -0.39 is 0 Å². The maximum atomic E-state index is 13.3. The smallest absolute Gasteiger partial charge is 0.275 e. The highest BCUT2D eigenvalue weighted by Crippen LogP contribution is 2.29. The summed E-state index contributed by atoms with van der Waals surface area (Å²) in [5.41, 5.74) is 2.92. The lowest BCUT2D eigenvalue weighted by molar-refractivity contribution is -0.140. The van der Waals surface area contributed by atoms with Gasteiger partial charge in [0, 0.05) is 24.2 Å². The van der Waals surface area contributed by atoms with Gasteiger partial charge in [-0.2, -0.15) is 5.10 Å². The maximum Gasteiger partial charge on any atom is 0.275 e. The first kappa shape index (κ1) is 26.2. The van der Waals surface area contributed by atoms with Crippen molar-refractivity contribution in [3.05, 3.63) is 75.1 Å². The minimum atomic E-state index is -0.390. The molecule has 1 N–H and O–H groups in total. The van der Waals surface area contributed by atoms with Gasteiger partial charge in [-0.3, -0.25) is 14.3 Å². The van der Waals surface area contributed by atoms with E-state index in [0.717, 1.165) is 39.0 Å². The Hall–Kier alpha value is -2.88. The molecule has 0 atom stereocenters. The van der Waals surface area contributed by atoms with Crippen LogP contribution in [0.4, 0.5) is 5.69 Å². The molecule has 1 aliphatic rings. The zero-order valence-corrected chi connectivity index (χ0v) is 23.4. The third-order valence-corrected chi connectivity index (χ3v) is 7.19. The summed E-state index contributed by atoms with van der Waals surface area (Å²) in [6.45, 7) is 9.62. The van der Waals surface area contributed by atoms with Crippen LogP contribution in [0.15, 0.2) is 54.7 Å². The van der Waals surface area contributed by atoms with Gasteiger partial charge in [-0.1, -0.05) is 51.1 Å². The second-order valence-corrected chi connectivity index (χ2v) is 11.4. The summed E-state index contributed by atoms with van der Waals surface area (Å²) in [6, 6.07) is 15.8. The predicted octanol–water partition coefficient (Wildman–Crippen LogP) is 5.84. The first-order valence-electron chi connectivity index (χ1n) is 12.2. The fourth-order valence-electron chi connectivity index (χ4n) is 4.41. The molecule has 0 spiro atoms. The van der Waals surface area contributed by atoms with Gasteiger partial charge in [-0.15, -0.1) is 0 Å². The number of aryl methyl sites for hydroxylation is 1. The number of benzene rings is 2. The maximum absolute atomic E-state index is 13.3. The van der Waals surface area contributed by atoms with Crippen LogP contribution in [0.1, 0.15) is 61.3 Å². The summed E-state index contributed by atoms with van der Waals surface area (Å²) in [7, 11) is 0. The lowest BCUT2D eigenvalue weighted by atomic mass is 9.93. The molecule has 3 aromatic rings. The highest BCUT2D eigenvalue weighted by molar-refractivity contribution is 14.1. The lowest BCUT2D eigenvalue weighted by Gasteiger charge is -2.36. The fraction of sp³-hybridized carbons (Fsp3) is 0.393. The van der Waals surface area contributed by atoms with Crippen LogP contribution < -0.4 is 10.1 Å². The SMILES string of the molecule is Cc1cc(OCc2ccccc2)ccc1NC(=O)c1c(I)cnn1C1CCN(C(=O)C(C)(C)C)CC1. The molecule has 36 heavy (non-hydrogen) atoms. The average Bonchev–Trinajstić information content (AvgIpc) is 3.25. The molecule has 0 saturated carbocycles. The third-order valence-electron chi connectivity index (χ3n) is 6.40. The van der Waals surface area contributed by atoms with Gasteiger partial charge in [0.05, 0.1) is 15.8 Å². The van der Waals surface area contributed by atoms with E-state index in [9.17, 15) is 9.59 Å². The molecule has 2 aromatic carbocycles. The zero-order chi connectivity index (χ0) is 25.9. The molecule has 0 bridgehead atoms. The second kappa shape index (κ2) is 11.0. The van der Waals surface area contributed by atoms with Crippen molar-refractivity contribution >= 4 is 40.1 Å². The molecule has 190 valence electrons. The number of hydrogen-bond donors (Lipinski definition) is 1. The van der Waals surface area contributed by atoms with Crippen LogP contribution in [-0.4, -0.2) is 39.6 Å². The molecule has 4 rings (SSSR count).